The number of fused-ring (bicyclic) bond motifs is 1. The van der Waals surface area contributed by atoms with Gasteiger partial charge in [-0.05, 0) is 19.4 Å². The van der Waals surface area contributed by atoms with Gasteiger partial charge in [0.1, 0.15) is 5.41 Å². The standard InChI is InChI=1S/C12H20N2O3/c15-11(16)12(8-17-9-12)7-13-4-5-14-3-1-2-10(14)6-13/h10H,1-9H2,(H,15,16). The molecule has 0 aromatic carbocycles. The van der Waals surface area contributed by atoms with Crippen LogP contribution in [-0.2, 0) is 9.53 Å². The Morgan fingerprint density at radius 1 is 1.35 bits per heavy atom. The molecule has 0 amide bonds. The van der Waals surface area contributed by atoms with E-state index in [0.717, 1.165) is 19.6 Å². The Morgan fingerprint density at radius 2 is 2.18 bits per heavy atom. The summed E-state index contributed by atoms with van der Waals surface area (Å²) in [4.78, 5) is 16.2. The molecular weight excluding hydrogens is 220 g/mol. The number of piperazine rings is 1. The van der Waals surface area contributed by atoms with Crippen molar-refractivity contribution >= 4 is 5.97 Å². The van der Waals surface area contributed by atoms with E-state index in [2.05, 4.69) is 9.80 Å². The van der Waals surface area contributed by atoms with Gasteiger partial charge in [0.05, 0.1) is 13.2 Å². The van der Waals surface area contributed by atoms with Gasteiger partial charge in [0, 0.05) is 32.2 Å². The van der Waals surface area contributed by atoms with Crippen molar-refractivity contribution in [3.05, 3.63) is 0 Å². The molecule has 17 heavy (non-hydrogen) atoms. The summed E-state index contributed by atoms with van der Waals surface area (Å²) >= 11 is 0. The van der Waals surface area contributed by atoms with Crippen molar-refractivity contribution in [2.45, 2.75) is 18.9 Å². The SMILES string of the molecule is O=C(O)C1(CN2CCN3CCCC3C2)COC1. The largest absolute Gasteiger partial charge is 0.481 e. The van der Waals surface area contributed by atoms with Crippen LogP contribution < -0.4 is 0 Å². The van der Waals surface area contributed by atoms with Crippen molar-refractivity contribution in [1.82, 2.24) is 9.80 Å². The van der Waals surface area contributed by atoms with Gasteiger partial charge in [-0.1, -0.05) is 0 Å². The fraction of sp³-hybridized carbons (Fsp3) is 0.917. The topological polar surface area (TPSA) is 53.0 Å². The minimum Gasteiger partial charge on any atom is -0.481 e. The predicted molar refractivity (Wildman–Crippen MR) is 61.9 cm³/mol. The minimum atomic E-state index is -0.697. The second-order valence-electron chi connectivity index (χ2n) is 5.65. The third kappa shape index (κ3) is 1.96. The lowest BCUT2D eigenvalue weighted by Crippen LogP contribution is -2.59. The maximum Gasteiger partial charge on any atom is 0.315 e. The fourth-order valence-corrected chi connectivity index (χ4v) is 3.26. The summed E-state index contributed by atoms with van der Waals surface area (Å²) in [5.41, 5.74) is -0.624. The van der Waals surface area contributed by atoms with Gasteiger partial charge < -0.3 is 9.84 Å². The van der Waals surface area contributed by atoms with Gasteiger partial charge in [-0.15, -0.1) is 0 Å². The van der Waals surface area contributed by atoms with Crippen LogP contribution in [0.1, 0.15) is 12.8 Å². The summed E-state index contributed by atoms with van der Waals surface area (Å²) in [6, 6.07) is 0.663. The third-order valence-electron chi connectivity index (χ3n) is 4.41. The number of rotatable bonds is 3. The Balaban J connectivity index is 1.60. The van der Waals surface area contributed by atoms with Gasteiger partial charge in [0.2, 0.25) is 0 Å². The van der Waals surface area contributed by atoms with Crippen molar-refractivity contribution in [1.29, 1.82) is 0 Å². The maximum atomic E-state index is 11.3. The maximum absolute atomic E-state index is 11.3. The molecule has 3 saturated heterocycles. The van der Waals surface area contributed by atoms with Crippen molar-refractivity contribution in [2.24, 2.45) is 5.41 Å². The molecular formula is C12H20N2O3. The first kappa shape index (κ1) is 11.4. The van der Waals surface area contributed by atoms with Crippen molar-refractivity contribution in [3.8, 4) is 0 Å². The first-order valence-electron chi connectivity index (χ1n) is 6.47. The van der Waals surface area contributed by atoms with Crippen molar-refractivity contribution < 1.29 is 14.6 Å². The smallest absolute Gasteiger partial charge is 0.315 e. The van der Waals surface area contributed by atoms with Crippen LogP contribution in [0, 0.1) is 5.41 Å². The molecule has 1 N–H and O–H groups in total. The van der Waals surface area contributed by atoms with Crippen LogP contribution in [0.4, 0.5) is 0 Å². The number of nitrogens with zero attached hydrogens (tertiary/aromatic N) is 2. The molecule has 96 valence electrons. The van der Waals surface area contributed by atoms with E-state index >= 15 is 0 Å². The Kier molecular flexibility index (Phi) is 2.84. The quantitative estimate of drug-likeness (QED) is 0.744. The van der Waals surface area contributed by atoms with Gasteiger partial charge in [0.25, 0.3) is 0 Å². The van der Waals surface area contributed by atoms with Gasteiger partial charge in [0.15, 0.2) is 0 Å². The zero-order valence-electron chi connectivity index (χ0n) is 10.1. The molecule has 0 radical (unpaired) electrons. The summed E-state index contributed by atoms with van der Waals surface area (Å²) in [5.74, 6) is -0.697. The molecule has 1 unspecified atom stereocenters. The highest BCUT2D eigenvalue weighted by Crippen LogP contribution is 2.31. The number of carbonyl (C=O) groups is 1. The molecule has 3 aliphatic rings. The Labute approximate surface area is 101 Å². The van der Waals surface area contributed by atoms with Gasteiger partial charge in [-0.2, -0.15) is 0 Å². The number of hydrogen-bond acceptors (Lipinski definition) is 4. The van der Waals surface area contributed by atoms with E-state index in [1.807, 2.05) is 0 Å². The molecule has 3 fully saturated rings. The van der Waals surface area contributed by atoms with E-state index in [-0.39, 0.29) is 0 Å². The zero-order valence-corrected chi connectivity index (χ0v) is 10.1. The summed E-state index contributed by atoms with van der Waals surface area (Å²) < 4.78 is 5.11. The van der Waals surface area contributed by atoms with Gasteiger partial charge in [-0.3, -0.25) is 14.6 Å². The lowest BCUT2D eigenvalue weighted by Gasteiger charge is -2.44. The monoisotopic (exact) mass is 240 g/mol. The lowest BCUT2D eigenvalue weighted by atomic mass is 9.85. The first-order chi connectivity index (χ1) is 8.20. The highest BCUT2D eigenvalue weighted by Gasteiger charge is 2.48. The molecule has 3 aliphatic heterocycles. The average Bonchev–Trinajstić information content (AvgIpc) is 2.69. The second-order valence-corrected chi connectivity index (χ2v) is 5.65. The van der Waals surface area contributed by atoms with E-state index in [4.69, 9.17) is 4.74 Å². The fourth-order valence-electron chi connectivity index (χ4n) is 3.26. The van der Waals surface area contributed by atoms with E-state index in [0.29, 0.717) is 25.8 Å². The average molecular weight is 240 g/mol. The molecule has 0 aromatic heterocycles. The zero-order chi connectivity index (χ0) is 11.9. The molecule has 0 bridgehead atoms. The molecule has 0 spiro atoms. The van der Waals surface area contributed by atoms with E-state index in [1.165, 1.54) is 19.4 Å². The lowest BCUT2D eigenvalue weighted by molar-refractivity contribution is -0.184. The van der Waals surface area contributed by atoms with Crippen LogP contribution >= 0.6 is 0 Å². The van der Waals surface area contributed by atoms with Crippen molar-refractivity contribution in [2.75, 3.05) is 45.9 Å². The van der Waals surface area contributed by atoms with Gasteiger partial charge in [-0.25, -0.2) is 0 Å². The molecule has 0 aliphatic carbocycles. The Hall–Kier alpha value is -0.650. The summed E-state index contributed by atoms with van der Waals surface area (Å²) in [5, 5.41) is 9.28. The molecule has 3 rings (SSSR count). The number of carboxylic acids is 1. The number of carboxylic acid groups (broad SMARTS) is 1. The van der Waals surface area contributed by atoms with Crippen LogP contribution in [0.15, 0.2) is 0 Å². The molecule has 3 heterocycles. The van der Waals surface area contributed by atoms with Crippen LogP contribution in [0.5, 0.6) is 0 Å². The molecule has 5 heteroatoms. The normalized spacial score (nSPS) is 33.1. The number of ether oxygens (including phenoxy) is 1. The third-order valence-corrected chi connectivity index (χ3v) is 4.41. The van der Waals surface area contributed by atoms with E-state index in [9.17, 15) is 9.90 Å². The second kappa shape index (κ2) is 4.23. The Bertz CT molecular complexity index is 317. The van der Waals surface area contributed by atoms with E-state index < -0.39 is 11.4 Å². The highest BCUT2D eigenvalue weighted by atomic mass is 16.5. The van der Waals surface area contributed by atoms with Crippen LogP contribution in [-0.4, -0.2) is 72.9 Å². The summed E-state index contributed by atoms with van der Waals surface area (Å²) in [7, 11) is 0. The van der Waals surface area contributed by atoms with Crippen molar-refractivity contribution in [3.63, 3.8) is 0 Å². The minimum absolute atomic E-state index is 0.382. The molecule has 0 aromatic rings. The number of hydrogen-bond donors (Lipinski definition) is 1. The van der Waals surface area contributed by atoms with Crippen LogP contribution in [0.25, 0.3) is 0 Å². The first-order valence-corrected chi connectivity index (χ1v) is 6.47. The number of aliphatic carboxylic acids is 1. The van der Waals surface area contributed by atoms with Gasteiger partial charge >= 0.3 is 5.97 Å². The Morgan fingerprint density at radius 3 is 2.82 bits per heavy atom. The summed E-state index contributed by atoms with van der Waals surface area (Å²) in [6.07, 6.45) is 2.57. The molecule has 0 saturated carbocycles. The molecule has 1 atom stereocenters. The molecule has 5 nitrogen and oxygen atoms in total. The predicted octanol–water partition coefficient (Wildman–Crippen LogP) is -0.132. The van der Waals surface area contributed by atoms with E-state index in [1.54, 1.807) is 0 Å². The summed E-state index contributed by atoms with van der Waals surface area (Å²) in [6.45, 7) is 5.79. The highest BCUT2D eigenvalue weighted by molar-refractivity contribution is 5.76. The van der Waals surface area contributed by atoms with Crippen LogP contribution in [0.3, 0.4) is 0 Å². The van der Waals surface area contributed by atoms with Crippen LogP contribution in [0.2, 0.25) is 0 Å².